The van der Waals surface area contributed by atoms with Crippen molar-refractivity contribution in [1.29, 1.82) is 0 Å². The summed E-state index contributed by atoms with van der Waals surface area (Å²) < 4.78 is 34.4. The van der Waals surface area contributed by atoms with Gasteiger partial charge in [-0.25, -0.2) is 8.78 Å². The molecule has 0 bridgehead atoms. The van der Waals surface area contributed by atoms with Gasteiger partial charge in [-0.2, -0.15) is 0 Å². The smallest absolute Gasteiger partial charge is 0.150 e. The Hall–Kier alpha value is -1.62. The van der Waals surface area contributed by atoms with Gasteiger partial charge < -0.3 is 9.64 Å². The molecule has 110 valence electrons. The van der Waals surface area contributed by atoms with Crippen LogP contribution < -0.4 is 9.64 Å². The van der Waals surface area contributed by atoms with E-state index in [2.05, 4.69) is 15.9 Å². The molecule has 1 aliphatic heterocycles. The minimum atomic E-state index is -0.554. The molecule has 5 heteroatoms. The predicted molar refractivity (Wildman–Crippen MR) is 82.5 cm³/mol. The lowest BCUT2D eigenvalue weighted by molar-refractivity contribution is 0.322. The van der Waals surface area contributed by atoms with Crippen LogP contribution in [0.4, 0.5) is 20.2 Å². The molecule has 0 fully saturated rings. The molecule has 0 saturated carbocycles. The largest absolute Gasteiger partial charge is 0.491 e. The molecule has 0 unspecified atom stereocenters. The number of halogens is 3. The third kappa shape index (κ3) is 2.75. The van der Waals surface area contributed by atoms with Crippen molar-refractivity contribution in [3.8, 4) is 5.75 Å². The van der Waals surface area contributed by atoms with E-state index in [0.29, 0.717) is 41.9 Å². The molecular formula is C16H14BrF2NO. The number of fused-ring (bicyclic) bond motifs is 1. The summed E-state index contributed by atoms with van der Waals surface area (Å²) in [6.45, 7) is 1.05. The van der Waals surface area contributed by atoms with Crippen molar-refractivity contribution < 1.29 is 13.5 Å². The summed E-state index contributed by atoms with van der Waals surface area (Å²) in [6.07, 6.45) is 0.702. The molecule has 3 rings (SSSR count). The average molecular weight is 354 g/mol. The van der Waals surface area contributed by atoms with E-state index in [-0.39, 0.29) is 5.69 Å². The van der Waals surface area contributed by atoms with Crippen LogP contribution in [0.2, 0.25) is 0 Å². The molecule has 0 radical (unpaired) electrons. The molecule has 0 saturated heterocycles. The summed E-state index contributed by atoms with van der Waals surface area (Å²) in [7, 11) is 0. The van der Waals surface area contributed by atoms with E-state index in [4.69, 9.17) is 4.74 Å². The fourth-order valence-corrected chi connectivity index (χ4v) is 2.84. The van der Waals surface area contributed by atoms with Gasteiger partial charge in [-0.1, -0.05) is 28.1 Å². The fraction of sp³-hybridized carbons (Fsp3) is 0.250. The van der Waals surface area contributed by atoms with Gasteiger partial charge in [-0.05, 0) is 36.2 Å². The summed E-state index contributed by atoms with van der Waals surface area (Å²) in [5, 5.41) is 0.417. The molecule has 2 aromatic carbocycles. The maximum atomic E-state index is 14.4. The minimum Gasteiger partial charge on any atom is -0.491 e. The molecule has 2 nitrogen and oxygen atoms in total. The highest BCUT2D eigenvalue weighted by molar-refractivity contribution is 9.08. The van der Waals surface area contributed by atoms with E-state index in [1.165, 1.54) is 12.1 Å². The number of nitrogens with zero attached hydrogens (tertiary/aromatic N) is 1. The molecule has 0 atom stereocenters. The summed E-state index contributed by atoms with van der Waals surface area (Å²) >= 11 is 3.22. The van der Waals surface area contributed by atoms with E-state index >= 15 is 0 Å². The van der Waals surface area contributed by atoms with Crippen LogP contribution in [-0.2, 0) is 5.33 Å². The molecule has 0 N–H and O–H groups in total. The molecule has 0 spiro atoms. The Morgan fingerprint density at radius 1 is 1.14 bits per heavy atom. The van der Waals surface area contributed by atoms with Crippen LogP contribution in [0.5, 0.6) is 5.75 Å². The van der Waals surface area contributed by atoms with Crippen LogP contribution in [-0.4, -0.2) is 13.2 Å². The lowest BCUT2D eigenvalue weighted by atomic mass is 10.1. The Balaban J connectivity index is 2.12. The first-order valence-electron chi connectivity index (χ1n) is 6.74. The number of para-hydroxylation sites is 2. The van der Waals surface area contributed by atoms with Crippen molar-refractivity contribution in [3.63, 3.8) is 0 Å². The van der Waals surface area contributed by atoms with Crippen LogP contribution in [0.1, 0.15) is 12.0 Å². The van der Waals surface area contributed by atoms with Crippen LogP contribution in [0.15, 0.2) is 36.4 Å². The molecule has 21 heavy (non-hydrogen) atoms. The Kier molecular flexibility index (Phi) is 4.10. The van der Waals surface area contributed by atoms with E-state index in [9.17, 15) is 8.78 Å². The Morgan fingerprint density at radius 3 is 2.57 bits per heavy atom. The van der Waals surface area contributed by atoms with Gasteiger partial charge in [0.15, 0.2) is 0 Å². The van der Waals surface area contributed by atoms with Crippen molar-refractivity contribution in [2.24, 2.45) is 0 Å². The lowest BCUT2D eigenvalue weighted by Crippen LogP contribution is -2.20. The van der Waals surface area contributed by atoms with Crippen LogP contribution in [0.25, 0.3) is 0 Å². The zero-order valence-electron chi connectivity index (χ0n) is 11.3. The predicted octanol–water partition coefficient (Wildman–Crippen LogP) is 4.78. The van der Waals surface area contributed by atoms with E-state index < -0.39 is 11.6 Å². The molecule has 0 amide bonds. The van der Waals surface area contributed by atoms with Crippen LogP contribution in [0.3, 0.4) is 0 Å². The van der Waals surface area contributed by atoms with Crippen molar-refractivity contribution in [2.75, 3.05) is 18.1 Å². The topological polar surface area (TPSA) is 12.5 Å². The normalized spacial score (nSPS) is 14.3. The number of hydrogen-bond donors (Lipinski definition) is 0. The van der Waals surface area contributed by atoms with Gasteiger partial charge in [-0.3, -0.25) is 0 Å². The Labute approximate surface area is 130 Å². The second-order valence-corrected chi connectivity index (χ2v) is 5.42. The lowest BCUT2D eigenvalue weighted by Gasteiger charge is -2.25. The number of alkyl halides is 1. The van der Waals surface area contributed by atoms with Gasteiger partial charge >= 0.3 is 0 Å². The highest BCUT2D eigenvalue weighted by Crippen LogP contribution is 2.38. The zero-order valence-corrected chi connectivity index (χ0v) is 12.9. The summed E-state index contributed by atoms with van der Waals surface area (Å²) in [5.41, 5.74) is 1.25. The van der Waals surface area contributed by atoms with E-state index in [1.54, 1.807) is 4.90 Å². The second kappa shape index (κ2) is 6.02. The van der Waals surface area contributed by atoms with Gasteiger partial charge in [-0.15, -0.1) is 0 Å². The monoisotopic (exact) mass is 353 g/mol. The van der Waals surface area contributed by atoms with E-state index in [1.807, 2.05) is 24.3 Å². The van der Waals surface area contributed by atoms with Crippen LogP contribution in [0, 0.1) is 11.6 Å². The first kappa shape index (κ1) is 14.3. The first-order valence-corrected chi connectivity index (χ1v) is 7.86. The second-order valence-electron chi connectivity index (χ2n) is 4.86. The van der Waals surface area contributed by atoms with Gasteiger partial charge in [0.05, 0.1) is 12.3 Å². The summed E-state index contributed by atoms with van der Waals surface area (Å²) in [4.78, 5) is 1.66. The molecule has 1 aliphatic rings. The van der Waals surface area contributed by atoms with Crippen molar-refractivity contribution >= 4 is 27.3 Å². The maximum Gasteiger partial charge on any atom is 0.150 e. The summed E-state index contributed by atoms with van der Waals surface area (Å²) in [6, 6.07) is 10.0. The molecular weight excluding hydrogens is 340 g/mol. The van der Waals surface area contributed by atoms with Crippen molar-refractivity contribution in [1.82, 2.24) is 0 Å². The SMILES string of the molecule is Fc1cc(CBr)cc(F)c1N1CCCOc2ccccc21. The number of anilines is 2. The van der Waals surface area contributed by atoms with Crippen molar-refractivity contribution in [3.05, 3.63) is 53.6 Å². The number of benzene rings is 2. The van der Waals surface area contributed by atoms with Crippen molar-refractivity contribution in [2.45, 2.75) is 11.8 Å². The zero-order chi connectivity index (χ0) is 14.8. The summed E-state index contributed by atoms with van der Waals surface area (Å²) in [5.74, 6) is -0.458. The number of rotatable bonds is 2. The standard InChI is InChI=1S/C16H14BrF2NO/c17-10-11-8-12(18)16(13(19)9-11)20-6-3-7-21-15-5-2-1-4-14(15)20/h1-2,4-5,8-9H,3,6-7,10H2. The fourth-order valence-electron chi connectivity index (χ4n) is 2.51. The first-order chi connectivity index (χ1) is 10.2. The molecule has 0 aliphatic carbocycles. The number of hydrogen-bond acceptors (Lipinski definition) is 2. The number of ether oxygens (including phenoxy) is 1. The molecule has 0 aromatic heterocycles. The molecule has 1 heterocycles. The third-order valence-corrected chi connectivity index (χ3v) is 4.09. The Morgan fingerprint density at radius 2 is 1.86 bits per heavy atom. The maximum absolute atomic E-state index is 14.4. The minimum absolute atomic E-state index is 0.0161. The highest BCUT2D eigenvalue weighted by Gasteiger charge is 2.23. The van der Waals surface area contributed by atoms with E-state index in [0.717, 1.165) is 0 Å². The van der Waals surface area contributed by atoms with Gasteiger partial charge in [0.1, 0.15) is 23.1 Å². The Bertz CT molecular complexity index is 639. The third-order valence-electron chi connectivity index (χ3n) is 3.44. The quantitative estimate of drug-likeness (QED) is 0.720. The van der Waals surface area contributed by atoms with Gasteiger partial charge in [0, 0.05) is 11.9 Å². The van der Waals surface area contributed by atoms with Crippen LogP contribution >= 0.6 is 15.9 Å². The highest BCUT2D eigenvalue weighted by atomic mass is 79.9. The average Bonchev–Trinajstić information content (AvgIpc) is 2.69. The van der Waals surface area contributed by atoms with Gasteiger partial charge in [0.2, 0.25) is 0 Å². The molecule has 2 aromatic rings. The van der Waals surface area contributed by atoms with Gasteiger partial charge in [0.25, 0.3) is 0 Å².